The fraction of sp³-hybridized carbons (Fsp3) is 0.400. The van der Waals surface area contributed by atoms with Crippen molar-refractivity contribution in [3.05, 3.63) is 34.7 Å². The van der Waals surface area contributed by atoms with Crippen molar-refractivity contribution >= 4 is 0 Å². The van der Waals surface area contributed by atoms with Gasteiger partial charge in [0.25, 0.3) is 0 Å². The van der Waals surface area contributed by atoms with Gasteiger partial charge in [-0.25, -0.2) is 0 Å². The molecule has 0 unspecified atom stereocenters. The van der Waals surface area contributed by atoms with Crippen LogP contribution in [0.2, 0.25) is 0 Å². The first kappa shape index (κ1) is 9.71. The predicted octanol–water partition coefficient (Wildman–Crippen LogP) is 2.74. The molecule has 0 spiro atoms. The third kappa shape index (κ3) is 2.86. The quantitative estimate of drug-likeness (QED) is 0.666. The van der Waals surface area contributed by atoms with Gasteiger partial charge in [-0.3, -0.25) is 0 Å². The molecule has 0 aromatic heterocycles. The van der Waals surface area contributed by atoms with Crippen molar-refractivity contribution in [3.63, 3.8) is 0 Å². The van der Waals surface area contributed by atoms with Gasteiger partial charge in [-0.05, 0) is 19.9 Å². The van der Waals surface area contributed by atoms with E-state index in [2.05, 4.69) is 5.18 Å². The second-order valence-electron chi connectivity index (χ2n) is 3.06. The normalized spacial score (nSPS) is 10.1. The number of nitroso groups, excluding NO2 is 1. The van der Waals surface area contributed by atoms with Crippen molar-refractivity contribution in [1.29, 1.82) is 0 Å². The van der Waals surface area contributed by atoms with Gasteiger partial charge in [0.2, 0.25) is 0 Å². The van der Waals surface area contributed by atoms with Crippen LogP contribution >= 0.6 is 0 Å². The molecule has 0 fully saturated rings. The first-order valence-electron chi connectivity index (χ1n) is 4.27. The Bertz CT molecular complexity index is 284. The summed E-state index contributed by atoms with van der Waals surface area (Å²) in [5, 5.41) is 2.84. The molecule has 1 aromatic carbocycles. The van der Waals surface area contributed by atoms with Crippen LogP contribution in [0.5, 0.6) is 5.75 Å². The number of ether oxygens (including phenoxy) is 1. The van der Waals surface area contributed by atoms with Crippen molar-refractivity contribution < 1.29 is 4.74 Å². The van der Waals surface area contributed by atoms with E-state index in [0.29, 0.717) is 0 Å². The molecule has 0 amide bonds. The summed E-state index contributed by atoms with van der Waals surface area (Å²) in [5.74, 6) is 0.747. The molecule has 0 bridgehead atoms. The van der Waals surface area contributed by atoms with Crippen LogP contribution in [-0.4, -0.2) is 6.10 Å². The molecule has 0 aliphatic carbocycles. The van der Waals surface area contributed by atoms with Crippen molar-refractivity contribution in [1.82, 2.24) is 0 Å². The summed E-state index contributed by atoms with van der Waals surface area (Å²) in [7, 11) is 0. The minimum Gasteiger partial charge on any atom is -0.491 e. The lowest BCUT2D eigenvalue weighted by Gasteiger charge is -2.12. The summed E-state index contributed by atoms with van der Waals surface area (Å²) >= 11 is 0. The SMILES string of the molecule is CC(C)Oc1ccccc1CN=O. The fourth-order valence-corrected chi connectivity index (χ4v) is 1.07. The maximum Gasteiger partial charge on any atom is 0.124 e. The van der Waals surface area contributed by atoms with Crippen LogP contribution in [0, 0.1) is 4.91 Å². The van der Waals surface area contributed by atoms with E-state index in [9.17, 15) is 4.91 Å². The topological polar surface area (TPSA) is 38.7 Å². The monoisotopic (exact) mass is 179 g/mol. The summed E-state index contributed by atoms with van der Waals surface area (Å²) in [6.07, 6.45) is 0.118. The molecule has 0 saturated heterocycles. The Morgan fingerprint density at radius 2 is 2.08 bits per heavy atom. The molecule has 1 aromatic rings. The Balaban J connectivity index is 2.83. The number of hydrogen-bond donors (Lipinski definition) is 0. The highest BCUT2D eigenvalue weighted by molar-refractivity contribution is 5.33. The van der Waals surface area contributed by atoms with Crippen molar-refractivity contribution in [2.45, 2.75) is 26.5 Å². The molecule has 70 valence electrons. The van der Waals surface area contributed by atoms with Crippen molar-refractivity contribution in [3.8, 4) is 5.75 Å². The predicted molar refractivity (Wildman–Crippen MR) is 51.7 cm³/mol. The van der Waals surface area contributed by atoms with Crippen LogP contribution in [0.3, 0.4) is 0 Å². The number of rotatable bonds is 4. The van der Waals surface area contributed by atoms with Crippen LogP contribution < -0.4 is 4.74 Å². The molecule has 0 radical (unpaired) electrons. The average Bonchev–Trinajstić information content (AvgIpc) is 2.08. The smallest absolute Gasteiger partial charge is 0.124 e. The minimum atomic E-state index is 0.118. The Kier molecular flexibility index (Phi) is 3.43. The summed E-state index contributed by atoms with van der Waals surface area (Å²) in [6, 6.07) is 7.44. The standard InChI is InChI=1S/C10H13NO2/c1-8(2)13-10-6-4-3-5-9(10)7-11-12/h3-6,8H,7H2,1-2H3. The van der Waals surface area contributed by atoms with Crippen molar-refractivity contribution in [2.24, 2.45) is 5.18 Å². The van der Waals surface area contributed by atoms with Gasteiger partial charge in [0.05, 0.1) is 6.10 Å². The minimum absolute atomic E-state index is 0.118. The van der Waals surface area contributed by atoms with Crippen LogP contribution in [0.1, 0.15) is 19.4 Å². The lowest BCUT2D eigenvalue weighted by molar-refractivity contribution is 0.240. The molecule has 0 saturated carbocycles. The Hall–Kier alpha value is -1.38. The summed E-state index contributed by atoms with van der Waals surface area (Å²) < 4.78 is 5.50. The van der Waals surface area contributed by atoms with Crippen LogP contribution in [0.25, 0.3) is 0 Å². The lowest BCUT2D eigenvalue weighted by atomic mass is 10.2. The van der Waals surface area contributed by atoms with Gasteiger partial charge in [0.1, 0.15) is 12.3 Å². The zero-order valence-electron chi connectivity index (χ0n) is 7.86. The highest BCUT2D eigenvalue weighted by Gasteiger charge is 2.03. The van der Waals surface area contributed by atoms with Crippen molar-refractivity contribution in [2.75, 3.05) is 0 Å². The molecule has 0 N–H and O–H groups in total. The molecule has 13 heavy (non-hydrogen) atoms. The first-order chi connectivity index (χ1) is 6.24. The van der Waals surface area contributed by atoms with E-state index in [4.69, 9.17) is 4.74 Å². The second-order valence-corrected chi connectivity index (χ2v) is 3.06. The summed E-state index contributed by atoms with van der Waals surface area (Å²) in [5.41, 5.74) is 0.839. The number of para-hydroxylation sites is 1. The van der Waals surface area contributed by atoms with E-state index in [1.54, 1.807) is 0 Å². The molecular weight excluding hydrogens is 166 g/mol. The van der Waals surface area contributed by atoms with Gasteiger partial charge >= 0.3 is 0 Å². The van der Waals surface area contributed by atoms with E-state index in [1.807, 2.05) is 38.1 Å². The maximum absolute atomic E-state index is 10.1. The van der Waals surface area contributed by atoms with Crippen LogP contribution in [0.4, 0.5) is 0 Å². The van der Waals surface area contributed by atoms with Crippen LogP contribution in [0.15, 0.2) is 29.4 Å². The van der Waals surface area contributed by atoms with E-state index in [1.165, 1.54) is 0 Å². The summed E-state index contributed by atoms with van der Waals surface area (Å²) in [4.78, 5) is 10.1. The molecule has 1 rings (SSSR count). The molecule has 0 heterocycles. The lowest BCUT2D eigenvalue weighted by Crippen LogP contribution is -2.07. The molecule has 0 aliphatic heterocycles. The van der Waals surface area contributed by atoms with Gasteiger partial charge in [-0.15, -0.1) is 0 Å². The number of nitrogens with zero attached hydrogens (tertiary/aromatic N) is 1. The molecule has 0 aliphatic rings. The second kappa shape index (κ2) is 4.60. The third-order valence-corrected chi connectivity index (χ3v) is 1.57. The molecular formula is C10H13NO2. The van der Waals surface area contributed by atoms with E-state index >= 15 is 0 Å². The molecule has 3 heteroatoms. The van der Waals surface area contributed by atoms with Gasteiger partial charge < -0.3 is 4.74 Å². The van der Waals surface area contributed by atoms with E-state index in [-0.39, 0.29) is 12.6 Å². The Morgan fingerprint density at radius 3 is 2.69 bits per heavy atom. The van der Waals surface area contributed by atoms with Crippen LogP contribution in [-0.2, 0) is 6.54 Å². The Labute approximate surface area is 77.7 Å². The average molecular weight is 179 g/mol. The third-order valence-electron chi connectivity index (χ3n) is 1.57. The molecule has 0 atom stereocenters. The van der Waals surface area contributed by atoms with Gasteiger partial charge in [0.15, 0.2) is 0 Å². The zero-order chi connectivity index (χ0) is 9.68. The van der Waals surface area contributed by atoms with Gasteiger partial charge in [-0.1, -0.05) is 23.4 Å². The fourth-order valence-electron chi connectivity index (χ4n) is 1.07. The highest BCUT2D eigenvalue weighted by Crippen LogP contribution is 2.19. The largest absolute Gasteiger partial charge is 0.491 e. The van der Waals surface area contributed by atoms with Gasteiger partial charge in [-0.2, -0.15) is 4.91 Å². The van der Waals surface area contributed by atoms with E-state index in [0.717, 1.165) is 11.3 Å². The van der Waals surface area contributed by atoms with E-state index < -0.39 is 0 Å². The highest BCUT2D eigenvalue weighted by atomic mass is 16.5. The van der Waals surface area contributed by atoms with Gasteiger partial charge in [0, 0.05) is 5.56 Å². The first-order valence-corrected chi connectivity index (χ1v) is 4.27. The number of benzene rings is 1. The Morgan fingerprint density at radius 1 is 1.38 bits per heavy atom. The number of hydrogen-bond acceptors (Lipinski definition) is 3. The summed E-state index contributed by atoms with van der Waals surface area (Å²) in [6.45, 7) is 4.07. The molecule has 3 nitrogen and oxygen atoms in total. The zero-order valence-corrected chi connectivity index (χ0v) is 7.86. The maximum atomic E-state index is 10.1.